The van der Waals surface area contributed by atoms with Crippen molar-refractivity contribution in [3.8, 4) is 0 Å². The van der Waals surface area contributed by atoms with Gasteiger partial charge in [0, 0.05) is 13.1 Å². The van der Waals surface area contributed by atoms with Crippen LogP contribution in [0.2, 0.25) is 0 Å². The van der Waals surface area contributed by atoms with E-state index in [0.29, 0.717) is 17.7 Å². The third-order valence-electron chi connectivity index (χ3n) is 3.38. The predicted molar refractivity (Wildman–Crippen MR) is 71.9 cm³/mol. The Morgan fingerprint density at radius 3 is 2.62 bits per heavy atom. The molecule has 0 unspecified atom stereocenters. The van der Waals surface area contributed by atoms with E-state index in [1.54, 1.807) is 11.8 Å². The molecule has 0 atom stereocenters. The second-order valence-electron chi connectivity index (χ2n) is 4.70. The van der Waals surface area contributed by atoms with E-state index in [2.05, 4.69) is 6.92 Å². The van der Waals surface area contributed by atoms with E-state index in [9.17, 15) is 4.79 Å². The smallest absolute Gasteiger partial charge is 0.232 e. The summed E-state index contributed by atoms with van der Waals surface area (Å²) in [6.45, 7) is 2.19. The van der Waals surface area contributed by atoms with Gasteiger partial charge in [0.15, 0.2) is 0 Å². The Kier molecular flexibility index (Phi) is 6.93. The maximum absolute atomic E-state index is 11.9. The van der Waals surface area contributed by atoms with Crippen molar-refractivity contribution in [3.63, 3.8) is 0 Å². The molecule has 2 nitrogen and oxygen atoms in total. The van der Waals surface area contributed by atoms with Crippen molar-refractivity contribution in [2.45, 2.75) is 57.9 Å². The van der Waals surface area contributed by atoms with Gasteiger partial charge in [-0.05, 0) is 25.0 Å². The molecule has 0 spiro atoms. The first-order chi connectivity index (χ1) is 7.75. The van der Waals surface area contributed by atoms with Crippen molar-refractivity contribution in [2.75, 3.05) is 18.6 Å². The van der Waals surface area contributed by atoms with E-state index in [4.69, 9.17) is 0 Å². The van der Waals surface area contributed by atoms with Gasteiger partial charge in [-0.2, -0.15) is 11.8 Å². The fourth-order valence-electron chi connectivity index (χ4n) is 2.18. The summed E-state index contributed by atoms with van der Waals surface area (Å²) in [4.78, 5) is 13.9. The average molecular weight is 243 g/mol. The molecule has 0 bridgehead atoms. The van der Waals surface area contributed by atoms with Gasteiger partial charge in [0.1, 0.15) is 0 Å². The van der Waals surface area contributed by atoms with Crippen molar-refractivity contribution in [3.05, 3.63) is 0 Å². The molecule has 3 heteroatoms. The Labute approximate surface area is 104 Å². The fourth-order valence-corrected chi connectivity index (χ4v) is 3.20. The lowest BCUT2D eigenvalue weighted by Crippen LogP contribution is -2.39. The Morgan fingerprint density at radius 1 is 1.31 bits per heavy atom. The molecule has 1 amide bonds. The monoisotopic (exact) mass is 243 g/mol. The summed E-state index contributed by atoms with van der Waals surface area (Å²) in [6, 6.07) is 0.521. The van der Waals surface area contributed by atoms with Gasteiger partial charge in [-0.1, -0.05) is 32.6 Å². The third kappa shape index (κ3) is 4.77. The van der Waals surface area contributed by atoms with Crippen molar-refractivity contribution in [2.24, 2.45) is 0 Å². The normalized spacial score (nSPS) is 17.4. The minimum absolute atomic E-state index is 0.327. The highest BCUT2D eigenvalue weighted by Gasteiger charge is 2.21. The molecule has 0 aromatic carbocycles. The molecule has 16 heavy (non-hydrogen) atoms. The van der Waals surface area contributed by atoms with Gasteiger partial charge in [-0.25, -0.2) is 0 Å². The molecule has 94 valence electrons. The van der Waals surface area contributed by atoms with Crippen molar-refractivity contribution in [1.29, 1.82) is 0 Å². The van der Waals surface area contributed by atoms with Crippen LogP contribution >= 0.6 is 11.8 Å². The molecule has 1 saturated carbocycles. The molecule has 0 aliphatic heterocycles. The first kappa shape index (κ1) is 13.9. The number of thioether (sulfide) groups is 1. The lowest BCUT2D eigenvalue weighted by molar-refractivity contribution is -0.129. The Hall–Kier alpha value is -0.180. The summed E-state index contributed by atoms with van der Waals surface area (Å²) >= 11 is 1.79. The Balaban J connectivity index is 2.18. The number of unbranched alkanes of at least 4 members (excludes halogenated alkanes) is 1. The highest BCUT2D eigenvalue weighted by molar-refractivity contribution is 7.99. The summed E-state index contributed by atoms with van der Waals surface area (Å²) < 4.78 is 0. The highest BCUT2D eigenvalue weighted by atomic mass is 32.2. The van der Waals surface area contributed by atoms with E-state index in [0.717, 1.165) is 5.75 Å². The molecule has 0 aromatic heterocycles. The summed E-state index contributed by atoms with van der Waals surface area (Å²) in [5, 5.41) is 0. The van der Waals surface area contributed by atoms with Crippen LogP contribution < -0.4 is 0 Å². The summed E-state index contributed by atoms with van der Waals surface area (Å²) in [7, 11) is 1.98. The quantitative estimate of drug-likeness (QED) is 0.667. The van der Waals surface area contributed by atoms with Crippen molar-refractivity contribution >= 4 is 17.7 Å². The van der Waals surface area contributed by atoms with Crippen LogP contribution in [0.3, 0.4) is 0 Å². The van der Waals surface area contributed by atoms with Crippen molar-refractivity contribution in [1.82, 2.24) is 4.90 Å². The number of carbonyl (C=O) groups is 1. The zero-order valence-corrected chi connectivity index (χ0v) is 11.5. The maximum atomic E-state index is 11.9. The second-order valence-corrected chi connectivity index (χ2v) is 5.81. The zero-order chi connectivity index (χ0) is 11.8. The molecule has 0 N–H and O–H groups in total. The van der Waals surface area contributed by atoms with Crippen molar-refractivity contribution < 1.29 is 4.79 Å². The number of nitrogens with zero attached hydrogens (tertiary/aromatic N) is 1. The number of carbonyl (C=O) groups excluding carboxylic acids is 1. The molecule has 0 aromatic rings. The highest BCUT2D eigenvalue weighted by Crippen LogP contribution is 2.22. The first-order valence-electron chi connectivity index (χ1n) is 6.59. The van der Waals surface area contributed by atoms with Crippen LogP contribution in [-0.4, -0.2) is 35.4 Å². The van der Waals surface area contributed by atoms with E-state index < -0.39 is 0 Å². The Morgan fingerprint density at radius 2 is 2.00 bits per heavy atom. The summed E-state index contributed by atoms with van der Waals surface area (Å²) in [6.07, 6.45) is 8.81. The first-order valence-corrected chi connectivity index (χ1v) is 7.74. The molecule has 0 heterocycles. The SMILES string of the molecule is CCCCSCC(=O)N(C)C1CCCCC1. The van der Waals surface area contributed by atoms with E-state index in [1.165, 1.54) is 44.9 Å². The number of hydrogen-bond donors (Lipinski definition) is 0. The van der Waals surface area contributed by atoms with Crippen LogP contribution in [0.1, 0.15) is 51.9 Å². The summed E-state index contributed by atoms with van der Waals surface area (Å²) in [5.41, 5.74) is 0. The molecule has 1 aliphatic carbocycles. The van der Waals surface area contributed by atoms with Crippen LogP contribution in [0, 0.1) is 0 Å². The standard InChI is InChI=1S/C13H25NOS/c1-3-4-10-16-11-13(15)14(2)12-8-6-5-7-9-12/h12H,3-11H2,1-2H3. The summed E-state index contributed by atoms with van der Waals surface area (Å²) in [5.74, 6) is 2.13. The molecule has 1 rings (SSSR count). The largest absolute Gasteiger partial charge is 0.342 e. The molecule has 0 radical (unpaired) electrons. The second kappa shape index (κ2) is 7.99. The zero-order valence-electron chi connectivity index (χ0n) is 10.7. The fraction of sp³-hybridized carbons (Fsp3) is 0.923. The lowest BCUT2D eigenvalue weighted by Gasteiger charge is -2.31. The maximum Gasteiger partial charge on any atom is 0.232 e. The minimum atomic E-state index is 0.327. The van der Waals surface area contributed by atoms with Gasteiger partial charge in [-0.3, -0.25) is 4.79 Å². The minimum Gasteiger partial charge on any atom is -0.342 e. The average Bonchev–Trinajstić information content (AvgIpc) is 2.34. The lowest BCUT2D eigenvalue weighted by atomic mass is 9.94. The van der Waals surface area contributed by atoms with Gasteiger partial charge in [0.05, 0.1) is 5.75 Å². The molecule has 0 saturated heterocycles. The van der Waals surface area contributed by atoms with Gasteiger partial charge in [-0.15, -0.1) is 0 Å². The molecular formula is C13H25NOS. The van der Waals surface area contributed by atoms with E-state index in [1.807, 2.05) is 11.9 Å². The number of amides is 1. The van der Waals surface area contributed by atoms with Crippen LogP contribution in [0.5, 0.6) is 0 Å². The van der Waals surface area contributed by atoms with Crippen LogP contribution in [0.25, 0.3) is 0 Å². The molecule has 1 aliphatic rings. The van der Waals surface area contributed by atoms with Crippen LogP contribution in [0.4, 0.5) is 0 Å². The molecule has 1 fully saturated rings. The van der Waals surface area contributed by atoms with Crippen LogP contribution in [0.15, 0.2) is 0 Å². The van der Waals surface area contributed by atoms with Gasteiger partial charge in [0.25, 0.3) is 0 Å². The van der Waals surface area contributed by atoms with Gasteiger partial charge >= 0.3 is 0 Å². The van der Waals surface area contributed by atoms with Crippen LogP contribution in [-0.2, 0) is 4.79 Å². The number of hydrogen-bond acceptors (Lipinski definition) is 2. The Bertz CT molecular complexity index is 202. The van der Waals surface area contributed by atoms with E-state index >= 15 is 0 Å². The molecular weight excluding hydrogens is 218 g/mol. The predicted octanol–water partition coefficient (Wildman–Crippen LogP) is 3.31. The van der Waals surface area contributed by atoms with Gasteiger partial charge < -0.3 is 4.90 Å². The number of rotatable bonds is 6. The third-order valence-corrected chi connectivity index (χ3v) is 4.41. The topological polar surface area (TPSA) is 20.3 Å². The van der Waals surface area contributed by atoms with E-state index in [-0.39, 0.29) is 0 Å². The van der Waals surface area contributed by atoms with Gasteiger partial charge in [0.2, 0.25) is 5.91 Å².